The van der Waals surface area contributed by atoms with Gasteiger partial charge in [0.05, 0.1) is 11.3 Å². The maximum atomic E-state index is 12.9. The first-order valence-electron chi connectivity index (χ1n) is 10.3. The highest BCUT2D eigenvalue weighted by Crippen LogP contribution is 2.33. The fourth-order valence-electron chi connectivity index (χ4n) is 3.88. The number of amides is 2. The monoisotopic (exact) mass is 428 g/mol. The first-order valence-corrected chi connectivity index (χ1v) is 10.3. The van der Waals surface area contributed by atoms with E-state index in [4.69, 9.17) is 9.47 Å². The predicted molar refractivity (Wildman–Crippen MR) is 118 cm³/mol. The smallest absolute Gasteiger partial charge is 0.339 e. The second-order valence-corrected chi connectivity index (χ2v) is 7.80. The van der Waals surface area contributed by atoms with Gasteiger partial charge in [0.25, 0.3) is 11.8 Å². The van der Waals surface area contributed by atoms with Gasteiger partial charge in [0.15, 0.2) is 6.10 Å². The molecule has 0 saturated carbocycles. The molecule has 0 unspecified atom stereocenters. The summed E-state index contributed by atoms with van der Waals surface area (Å²) in [6, 6.07) is 19.5. The van der Waals surface area contributed by atoms with Gasteiger partial charge < -0.3 is 20.1 Å². The number of nitrogens with one attached hydrogen (secondary N) is 2. The third-order valence-electron chi connectivity index (χ3n) is 5.58. The molecule has 0 aromatic heterocycles. The number of hydrogen-bond donors (Lipinski definition) is 2. The molecule has 3 aromatic rings. The molecule has 7 heteroatoms. The van der Waals surface area contributed by atoms with Gasteiger partial charge >= 0.3 is 5.97 Å². The van der Waals surface area contributed by atoms with E-state index in [0.717, 1.165) is 11.1 Å². The van der Waals surface area contributed by atoms with Gasteiger partial charge in [-0.1, -0.05) is 30.3 Å². The number of anilines is 2. The zero-order valence-electron chi connectivity index (χ0n) is 17.3. The van der Waals surface area contributed by atoms with Crippen molar-refractivity contribution in [2.75, 3.05) is 10.6 Å². The lowest BCUT2D eigenvalue weighted by Crippen LogP contribution is -2.34. The van der Waals surface area contributed by atoms with Gasteiger partial charge in [-0.3, -0.25) is 9.59 Å². The fourth-order valence-corrected chi connectivity index (χ4v) is 3.88. The summed E-state index contributed by atoms with van der Waals surface area (Å²) in [6.07, 6.45) is -0.460. The lowest BCUT2D eigenvalue weighted by Gasteiger charge is -2.25. The average Bonchev–Trinajstić information content (AvgIpc) is 2.80. The molecule has 32 heavy (non-hydrogen) atoms. The van der Waals surface area contributed by atoms with Crippen molar-refractivity contribution in [1.29, 1.82) is 0 Å². The van der Waals surface area contributed by atoms with Crippen LogP contribution in [0.3, 0.4) is 0 Å². The zero-order valence-corrected chi connectivity index (χ0v) is 17.3. The van der Waals surface area contributed by atoms with Crippen molar-refractivity contribution in [3.05, 3.63) is 89.0 Å². The molecule has 0 bridgehead atoms. The maximum Gasteiger partial charge on any atom is 0.339 e. The van der Waals surface area contributed by atoms with Crippen LogP contribution in [-0.4, -0.2) is 23.9 Å². The highest BCUT2D eigenvalue weighted by molar-refractivity contribution is 6.06. The third kappa shape index (κ3) is 3.69. The molecule has 2 aliphatic rings. The van der Waals surface area contributed by atoms with Gasteiger partial charge in [-0.05, 0) is 54.4 Å². The summed E-state index contributed by atoms with van der Waals surface area (Å²) in [5, 5.41) is 5.60. The topological polar surface area (TPSA) is 93.7 Å². The van der Waals surface area contributed by atoms with E-state index in [1.54, 1.807) is 43.3 Å². The molecule has 5 rings (SSSR count). The number of esters is 1. The molecule has 2 amide bonds. The molecule has 2 heterocycles. The van der Waals surface area contributed by atoms with E-state index < -0.39 is 12.1 Å². The number of cyclic esters (lactones) is 1. The molecule has 0 radical (unpaired) electrons. The van der Waals surface area contributed by atoms with Crippen LogP contribution in [-0.2, 0) is 16.0 Å². The van der Waals surface area contributed by atoms with E-state index in [-0.39, 0.29) is 17.9 Å². The van der Waals surface area contributed by atoms with Crippen molar-refractivity contribution in [2.45, 2.75) is 25.6 Å². The Morgan fingerprint density at radius 2 is 1.81 bits per heavy atom. The Morgan fingerprint density at radius 3 is 2.62 bits per heavy atom. The van der Waals surface area contributed by atoms with E-state index in [1.165, 1.54) is 0 Å². The Morgan fingerprint density at radius 1 is 1.00 bits per heavy atom. The number of ether oxygens (including phenoxy) is 2. The Labute approximate surface area is 184 Å². The number of benzene rings is 3. The predicted octanol–water partition coefficient (Wildman–Crippen LogP) is 4.11. The molecule has 2 N–H and O–H groups in total. The van der Waals surface area contributed by atoms with E-state index >= 15 is 0 Å². The molecule has 0 fully saturated rings. The van der Waals surface area contributed by atoms with Crippen molar-refractivity contribution in [2.24, 2.45) is 0 Å². The van der Waals surface area contributed by atoms with Crippen LogP contribution < -0.4 is 15.4 Å². The van der Waals surface area contributed by atoms with Crippen LogP contribution in [0.5, 0.6) is 5.75 Å². The molecule has 0 spiro atoms. The van der Waals surface area contributed by atoms with Crippen LogP contribution in [0.4, 0.5) is 11.4 Å². The molecule has 0 aliphatic carbocycles. The zero-order chi connectivity index (χ0) is 22.2. The summed E-state index contributed by atoms with van der Waals surface area (Å²) in [5.41, 5.74) is 3.60. The summed E-state index contributed by atoms with van der Waals surface area (Å²) >= 11 is 0. The Bertz CT molecular complexity index is 1240. The minimum Gasteiger partial charge on any atom is -0.479 e. The van der Waals surface area contributed by atoms with Crippen molar-refractivity contribution < 1.29 is 23.9 Å². The molecule has 0 saturated heterocycles. The lowest BCUT2D eigenvalue weighted by atomic mass is 9.93. The highest BCUT2D eigenvalue weighted by atomic mass is 16.5. The Hall–Kier alpha value is -4.13. The lowest BCUT2D eigenvalue weighted by molar-refractivity contribution is -0.122. The van der Waals surface area contributed by atoms with Crippen molar-refractivity contribution >= 4 is 29.2 Å². The molecular formula is C25H20N2O5. The molecule has 7 nitrogen and oxygen atoms in total. The summed E-state index contributed by atoms with van der Waals surface area (Å²) in [5.74, 6) is -0.407. The Balaban J connectivity index is 1.36. The van der Waals surface area contributed by atoms with E-state index in [2.05, 4.69) is 10.6 Å². The SMILES string of the molecule is C[C@@H]1Oc2ccc(NC(=O)c3ccc4c(c3)C[C@@H](c3ccccc3)OC4=O)cc2NC1=O. The summed E-state index contributed by atoms with van der Waals surface area (Å²) in [7, 11) is 0. The summed E-state index contributed by atoms with van der Waals surface area (Å²) in [6.45, 7) is 1.67. The number of carbonyl (C=O) groups is 3. The third-order valence-corrected chi connectivity index (χ3v) is 5.58. The number of rotatable bonds is 3. The summed E-state index contributed by atoms with van der Waals surface area (Å²) in [4.78, 5) is 37.2. The van der Waals surface area contributed by atoms with E-state index in [0.29, 0.717) is 34.7 Å². The van der Waals surface area contributed by atoms with Gasteiger partial charge in [0.1, 0.15) is 11.9 Å². The first kappa shape index (κ1) is 19.8. The van der Waals surface area contributed by atoms with Crippen molar-refractivity contribution in [3.63, 3.8) is 0 Å². The maximum absolute atomic E-state index is 12.9. The molecular weight excluding hydrogens is 408 g/mol. The van der Waals surface area contributed by atoms with E-state index in [1.807, 2.05) is 30.3 Å². The average molecular weight is 428 g/mol. The van der Waals surface area contributed by atoms with Crippen LogP contribution in [0.2, 0.25) is 0 Å². The molecule has 2 aliphatic heterocycles. The van der Waals surface area contributed by atoms with Crippen molar-refractivity contribution in [3.8, 4) is 5.75 Å². The second-order valence-electron chi connectivity index (χ2n) is 7.80. The minimum absolute atomic E-state index is 0.240. The number of fused-ring (bicyclic) bond motifs is 2. The Kier molecular flexibility index (Phi) is 4.86. The minimum atomic E-state index is -0.565. The summed E-state index contributed by atoms with van der Waals surface area (Å²) < 4.78 is 11.1. The van der Waals surface area contributed by atoms with Crippen LogP contribution in [0.15, 0.2) is 66.7 Å². The van der Waals surface area contributed by atoms with Gasteiger partial charge in [-0.2, -0.15) is 0 Å². The van der Waals surface area contributed by atoms with Crippen LogP contribution in [0.1, 0.15) is 44.9 Å². The number of hydrogen-bond acceptors (Lipinski definition) is 5. The molecule has 3 aromatic carbocycles. The molecule has 2 atom stereocenters. The normalized spacial score (nSPS) is 19.0. The van der Waals surface area contributed by atoms with E-state index in [9.17, 15) is 14.4 Å². The second kappa shape index (κ2) is 7.85. The van der Waals surface area contributed by atoms with Crippen LogP contribution in [0.25, 0.3) is 0 Å². The van der Waals surface area contributed by atoms with Crippen molar-refractivity contribution in [1.82, 2.24) is 0 Å². The molecule has 160 valence electrons. The first-order chi connectivity index (χ1) is 15.5. The largest absolute Gasteiger partial charge is 0.479 e. The van der Waals surface area contributed by atoms with Crippen LogP contribution in [0, 0.1) is 0 Å². The van der Waals surface area contributed by atoms with Crippen LogP contribution >= 0.6 is 0 Å². The highest BCUT2D eigenvalue weighted by Gasteiger charge is 2.28. The fraction of sp³-hybridized carbons (Fsp3) is 0.160. The van der Waals surface area contributed by atoms with Gasteiger partial charge in [0, 0.05) is 17.7 Å². The standard InChI is InChI=1S/C25H20N2O5/c1-14-23(28)27-20-13-18(8-10-21(20)31-14)26-24(29)16-7-9-19-17(11-16)12-22(32-25(19)30)15-5-3-2-4-6-15/h2-11,13-14,22H,12H2,1H3,(H,26,29)(H,27,28)/t14-,22-/m0/s1. The van der Waals surface area contributed by atoms with Gasteiger partial charge in [0.2, 0.25) is 0 Å². The van der Waals surface area contributed by atoms with Gasteiger partial charge in [-0.25, -0.2) is 4.79 Å². The van der Waals surface area contributed by atoms with Gasteiger partial charge in [-0.15, -0.1) is 0 Å². The quantitative estimate of drug-likeness (QED) is 0.613. The number of carbonyl (C=O) groups excluding carboxylic acids is 3.